The van der Waals surface area contributed by atoms with Gasteiger partial charge in [0.05, 0.1) is 0 Å². The molecule has 38 valence electrons. The Morgan fingerprint density at radius 1 is 1.50 bits per heavy atom. The van der Waals surface area contributed by atoms with Crippen LogP contribution in [0.25, 0.3) is 0 Å². The molecule has 0 heterocycles. The first kappa shape index (κ1) is 6.52. The zero-order valence-corrected chi connectivity index (χ0v) is 6.41. The van der Waals surface area contributed by atoms with E-state index in [1.807, 2.05) is 0 Å². The van der Waals surface area contributed by atoms with E-state index >= 15 is 0 Å². The molecule has 0 aliphatic heterocycles. The van der Waals surface area contributed by atoms with Gasteiger partial charge in [0.25, 0.3) is 0 Å². The molecule has 0 aliphatic carbocycles. The first-order valence-corrected chi connectivity index (χ1v) is 4.59. The van der Waals surface area contributed by atoms with Gasteiger partial charge in [-0.25, -0.2) is 0 Å². The van der Waals surface area contributed by atoms with Gasteiger partial charge in [-0.2, -0.15) is 0 Å². The molecule has 0 aromatic carbocycles. The summed E-state index contributed by atoms with van der Waals surface area (Å²) >= 11 is 0.917. The molecule has 1 heteroatoms. The van der Waals surface area contributed by atoms with Gasteiger partial charge in [0.15, 0.2) is 0 Å². The number of hydrogen-bond acceptors (Lipinski definition) is 0. The van der Waals surface area contributed by atoms with Crippen molar-refractivity contribution in [2.45, 2.75) is 30.9 Å². The fraction of sp³-hybridized carbons (Fsp3) is 1.00. The van der Waals surface area contributed by atoms with Crippen molar-refractivity contribution in [3.05, 3.63) is 0 Å². The molecule has 0 saturated heterocycles. The molecule has 0 saturated carbocycles. The van der Waals surface area contributed by atoms with Gasteiger partial charge in [0, 0.05) is 0 Å². The Kier molecular flexibility index (Phi) is 4.02. The molecule has 0 rings (SSSR count). The van der Waals surface area contributed by atoms with Crippen LogP contribution in [0.5, 0.6) is 0 Å². The molecule has 0 aliphatic rings. The van der Waals surface area contributed by atoms with Gasteiger partial charge in [-0.05, 0) is 0 Å². The van der Waals surface area contributed by atoms with E-state index in [0.717, 1.165) is 19.8 Å². The van der Waals surface area contributed by atoms with E-state index in [4.69, 9.17) is 0 Å². The standard InChI is InChI=1S/C5H12Se/c1-4-6-5(2)3/h5H,4H2,1-3H3. The van der Waals surface area contributed by atoms with Gasteiger partial charge in [0.2, 0.25) is 0 Å². The van der Waals surface area contributed by atoms with Crippen molar-refractivity contribution >= 4 is 15.0 Å². The Morgan fingerprint density at radius 2 is 2.00 bits per heavy atom. The summed E-state index contributed by atoms with van der Waals surface area (Å²) in [5.41, 5.74) is 0. The van der Waals surface area contributed by atoms with Crippen molar-refractivity contribution in [2.24, 2.45) is 0 Å². The molecule has 0 N–H and O–H groups in total. The Morgan fingerprint density at radius 3 is 2.00 bits per heavy atom. The van der Waals surface area contributed by atoms with E-state index in [0.29, 0.717) is 0 Å². The van der Waals surface area contributed by atoms with Gasteiger partial charge < -0.3 is 0 Å². The van der Waals surface area contributed by atoms with Gasteiger partial charge in [-0.15, -0.1) is 0 Å². The van der Waals surface area contributed by atoms with Crippen LogP contribution in [0.2, 0.25) is 10.1 Å². The van der Waals surface area contributed by atoms with Crippen LogP contribution in [0.4, 0.5) is 0 Å². The third-order valence-electron chi connectivity index (χ3n) is 0.500. The van der Waals surface area contributed by atoms with Gasteiger partial charge in [0.1, 0.15) is 0 Å². The van der Waals surface area contributed by atoms with Crippen LogP contribution in [-0.4, -0.2) is 15.0 Å². The van der Waals surface area contributed by atoms with Crippen LogP contribution >= 0.6 is 0 Å². The Labute approximate surface area is 46.5 Å². The summed E-state index contributed by atoms with van der Waals surface area (Å²) in [7, 11) is 0. The SMILES string of the molecule is CC[Se]C(C)C. The summed E-state index contributed by atoms with van der Waals surface area (Å²) in [4.78, 5) is 0.961. The van der Waals surface area contributed by atoms with Crippen LogP contribution in [-0.2, 0) is 0 Å². The maximum atomic E-state index is 2.28. The zero-order valence-electron chi connectivity index (χ0n) is 4.69. The third-order valence-corrected chi connectivity index (χ3v) is 2.60. The molecular weight excluding hydrogens is 139 g/mol. The van der Waals surface area contributed by atoms with Crippen molar-refractivity contribution in [1.29, 1.82) is 0 Å². The van der Waals surface area contributed by atoms with Crippen LogP contribution in [0, 0.1) is 0 Å². The zero-order chi connectivity index (χ0) is 4.99. The number of rotatable bonds is 2. The van der Waals surface area contributed by atoms with Gasteiger partial charge in [-0.1, -0.05) is 0 Å². The molecule has 0 aromatic heterocycles. The predicted molar refractivity (Wildman–Crippen MR) is 31.3 cm³/mol. The second kappa shape index (κ2) is 3.70. The van der Waals surface area contributed by atoms with E-state index < -0.39 is 0 Å². The Hall–Kier alpha value is 0.519. The molecule has 0 atom stereocenters. The monoisotopic (exact) mass is 152 g/mol. The summed E-state index contributed by atoms with van der Waals surface area (Å²) in [6.45, 7) is 6.81. The van der Waals surface area contributed by atoms with E-state index in [2.05, 4.69) is 20.8 Å². The summed E-state index contributed by atoms with van der Waals surface area (Å²) in [6, 6.07) is 0. The Balaban J connectivity index is 2.63. The molecule has 0 aromatic rings. The molecular formula is C5H12Se. The van der Waals surface area contributed by atoms with Gasteiger partial charge in [-0.3, -0.25) is 0 Å². The normalized spacial score (nSPS) is 10.0. The molecule has 0 bridgehead atoms. The first-order valence-electron chi connectivity index (χ1n) is 2.39. The predicted octanol–water partition coefficient (Wildman–Crippen LogP) is 1.96. The fourth-order valence-corrected chi connectivity index (χ4v) is 1.73. The van der Waals surface area contributed by atoms with Gasteiger partial charge >= 0.3 is 45.9 Å². The van der Waals surface area contributed by atoms with Crippen LogP contribution in [0.1, 0.15) is 20.8 Å². The van der Waals surface area contributed by atoms with Crippen LogP contribution in [0.15, 0.2) is 0 Å². The minimum atomic E-state index is 0.917. The molecule has 6 heavy (non-hydrogen) atoms. The second-order valence-corrected chi connectivity index (χ2v) is 5.39. The van der Waals surface area contributed by atoms with Crippen LogP contribution in [0.3, 0.4) is 0 Å². The molecule has 0 nitrogen and oxygen atoms in total. The van der Waals surface area contributed by atoms with Crippen molar-refractivity contribution in [2.75, 3.05) is 0 Å². The first-order chi connectivity index (χ1) is 2.77. The summed E-state index contributed by atoms with van der Waals surface area (Å²) in [5, 5.41) is 1.39. The average molecular weight is 151 g/mol. The summed E-state index contributed by atoms with van der Waals surface area (Å²) < 4.78 is 0. The van der Waals surface area contributed by atoms with Crippen molar-refractivity contribution in [3.63, 3.8) is 0 Å². The molecule has 0 amide bonds. The third kappa shape index (κ3) is 4.52. The maximum absolute atomic E-state index is 2.28. The molecule has 0 radical (unpaired) electrons. The molecule has 0 unspecified atom stereocenters. The minimum absolute atomic E-state index is 0.917. The van der Waals surface area contributed by atoms with Crippen molar-refractivity contribution < 1.29 is 0 Å². The topological polar surface area (TPSA) is 0 Å². The second-order valence-electron chi connectivity index (χ2n) is 1.50. The van der Waals surface area contributed by atoms with E-state index in [1.165, 1.54) is 5.32 Å². The van der Waals surface area contributed by atoms with Crippen molar-refractivity contribution in [3.8, 4) is 0 Å². The molecule has 0 spiro atoms. The van der Waals surface area contributed by atoms with Crippen molar-refractivity contribution in [1.82, 2.24) is 0 Å². The quantitative estimate of drug-likeness (QED) is 0.529. The summed E-state index contributed by atoms with van der Waals surface area (Å²) in [5.74, 6) is 0. The number of hydrogen-bond donors (Lipinski definition) is 0. The van der Waals surface area contributed by atoms with E-state index in [1.54, 1.807) is 0 Å². The van der Waals surface area contributed by atoms with E-state index in [9.17, 15) is 0 Å². The van der Waals surface area contributed by atoms with Crippen LogP contribution < -0.4 is 0 Å². The Bertz CT molecular complexity index is 25.1. The molecule has 0 fully saturated rings. The summed E-state index contributed by atoms with van der Waals surface area (Å²) in [6.07, 6.45) is 0. The average Bonchev–Trinajstić information content (AvgIpc) is 1.35. The van der Waals surface area contributed by atoms with E-state index in [-0.39, 0.29) is 0 Å². The fourth-order valence-electron chi connectivity index (χ4n) is 0.333.